The summed E-state index contributed by atoms with van der Waals surface area (Å²) in [6.07, 6.45) is 7.17. The van der Waals surface area contributed by atoms with Crippen molar-refractivity contribution in [1.29, 1.82) is 0 Å². The molecule has 0 N–H and O–H groups in total. The predicted octanol–water partition coefficient (Wildman–Crippen LogP) is 18.6. The number of nitrogens with zero attached hydrogens (tertiary/aromatic N) is 3. The lowest BCUT2D eigenvalue weighted by atomic mass is 9.33. The fourth-order valence-corrected chi connectivity index (χ4v) is 17.1. The van der Waals surface area contributed by atoms with E-state index in [1.165, 1.54) is 138 Å². The molecule has 0 amide bonds. The van der Waals surface area contributed by atoms with Gasteiger partial charge in [0.15, 0.2) is 0 Å². The molecule has 8 aromatic carbocycles. The number of aryl methyl sites for hydroxylation is 2. The highest BCUT2D eigenvalue weighted by atomic mass is 16.3. The maximum absolute atomic E-state index is 6.55. The van der Waals surface area contributed by atoms with Gasteiger partial charge in [-0.2, -0.15) is 0 Å². The third-order valence-electron chi connectivity index (χ3n) is 22.2. The van der Waals surface area contributed by atoms with Crippen LogP contribution in [0.5, 0.6) is 0 Å². The minimum Gasteiger partial charge on any atom is -0.456 e. The maximum atomic E-state index is 6.55. The minimum atomic E-state index is -0.239. The predicted molar refractivity (Wildman–Crippen MR) is 345 cm³/mol. The number of hydrogen-bond acceptors (Lipinski definition) is 4. The second kappa shape index (κ2) is 16.4. The Kier molecular flexibility index (Phi) is 10.3. The molecule has 2 atom stereocenters. The van der Waals surface area contributed by atoms with E-state index < -0.39 is 0 Å². The van der Waals surface area contributed by atoms with Gasteiger partial charge in [-0.05, 0) is 201 Å². The zero-order chi connectivity index (χ0) is 56.5. The molecule has 1 fully saturated rings. The van der Waals surface area contributed by atoms with Gasteiger partial charge in [0.25, 0.3) is 6.71 Å². The van der Waals surface area contributed by atoms with E-state index in [9.17, 15) is 0 Å². The molecule has 1 aromatic heterocycles. The summed E-state index contributed by atoms with van der Waals surface area (Å²) in [4.78, 5) is 8.21. The van der Waals surface area contributed by atoms with Crippen molar-refractivity contribution in [3.8, 4) is 0 Å². The molecule has 9 aromatic rings. The number of benzene rings is 8. The number of anilines is 8. The van der Waals surface area contributed by atoms with Crippen molar-refractivity contribution in [3.05, 3.63) is 195 Å². The molecule has 81 heavy (non-hydrogen) atoms. The van der Waals surface area contributed by atoms with Crippen LogP contribution in [-0.2, 0) is 32.5 Å². The zero-order valence-corrected chi connectivity index (χ0v) is 50.8. The molecule has 408 valence electrons. The number of furan rings is 1. The van der Waals surface area contributed by atoms with Gasteiger partial charge in [0.1, 0.15) is 11.2 Å². The quantitative estimate of drug-likeness (QED) is 0.165. The summed E-state index contributed by atoms with van der Waals surface area (Å²) in [5.74, 6) is 0. The molecule has 0 radical (unpaired) electrons. The molecule has 15 rings (SSSR count). The van der Waals surface area contributed by atoms with Gasteiger partial charge in [-0.1, -0.05) is 169 Å². The monoisotopic (exact) mass is 1060 g/mol. The second-order valence-corrected chi connectivity index (χ2v) is 29.7. The summed E-state index contributed by atoms with van der Waals surface area (Å²) >= 11 is 0. The van der Waals surface area contributed by atoms with Crippen LogP contribution in [0.15, 0.2) is 144 Å². The Hall–Kier alpha value is -6.98. The first-order chi connectivity index (χ1) is 38.3. The van der Waals surface area contributed by atoms with Crippen molar-refractivity contribution in [1.82, 2.24) is 0 Å². The zero-order valence-electron chi connectivity index (χ0n) is 50.8. The average molecular weight is 1060 g/mol. The molecule has 2 unspecified atom stereocenters. The Balaban J connectivity index is 1.05. The van der Waals surface area contributed by atoms with E-state index in [2.05, 4.69) is 258 Å². The van der Waals surface area contributed by atoms with Crippen molar-refractivity contribution in [2.75, 3.05) is 14.7 Å². The van der Waals surface area contributed by atoms with Crippen LogP contribution in [0, 0.1) is 13.8 Å². The van der Waals surface area contributed by atoms with E-state index in [4.69, 9.17) is 4.42 Å². The third kappa shape index (κ3) is 6.78. The SMILES string of the molecule is Cc1cc2c3c(c1)N(c1cc4c(cc1C)C(C)(C)CCC4(C)C)c1cc(N4c5ccc(C(C)(C)C)cc5C5(C)CCCCC45C)ccc1B3c1cc3c(cc1N2c1ccc2oc4ccccc4c2c1)C(C)(C)c1ccccc1C3(C)C. The van der Waals surface area contributed by atoms with E-state index in [0.29, 0.717) is 0 Å². The molecular formula is C76H80BN3O. The van der Waals surface area contributed by atoms with Crippen LogP contribution in [0.3, 0.4) is 0 Å². The Morgan fingerprint density at radius 1 is 0.444 bits per heavy atom. The highest BCUT2D eigenvalue weighted by Gasteiger charge is 2.58. The van der Waals surface area contributed by atoms with Crippen LogP contribution < -0.4 is 31.1 Å². The normalized spacial score (nSPS) is 22.1. The van der Waals surface area contributed by atoms with Gasteiger partial charge < -0.3 is 19.1 Å². The third-order valence-corrected chi connectivity index (χ3v) is 22.2. The number of rotatable bonds is 3. The Morgan fingerprint density at radius 3 is 1.77 bits per heavy atom. The summed E-state index contributed by atoms with van der Waals surface area (Å²) in [7, 11) is 0. The highest BCUT2D eigenvalue weighted by Crippen LogP contribution is 2.62. The smallest absolute Gasteiger partial charge is 0.252 e. The topological polar surface area (TPSA) is 22.9 Å². The lowest BCUT2D eigenvalue weighted by Gasteiger charge is -2.51. The number of para-hydroxylation sites is 1. The fraction of sp³-hybridized carbons (Fsp3) is 0.368. The van der Waals surface area contributed by atoms with Gasteiger partial charge >= 0.3 is 0 Å². The number of hydrogen-bond donors (Lipinski definition) is 0. The van der Waals surface area contributed by atoms with Gasteiger partial charge in [-0.25, -0.2) is 0 Å². The van der Waals surface area contributed by atoms with E-state index in [1.54, 1.807) is 0 Å². The molecule has 6 aliphatic rings. The number of fused-ring (bicyclic) bond motifs is 13. The van der Waals surface area contributed by atoms with E-state index in [1.807, 2.05) is 0 Å². The first-order valence-electron chi connectivity index (χ1n) is 30.5. The summed E-state index contributed by atoms with van der Waals surface area (Å²) in [6, 6.07) is 55.5. The Morgan fingerprint density at radius 2 is 1.05 bits per heavy atom. The summed E-state index contributed by atoms with van der Waals surface area (Å²) in [6.45, 7) is 36.7. The molecule has 5 heteroatoms. The van der Waals surface area contributed by atoms with Gasteiger partial charge in [0, 0.05) is 72.5 Å². The molecule has 4 nitrogen and oxygen atoms in total. The Labute approximate surface area is 482 Å². The molecule has 0 bridgehead atoms. The average Bonchev–Trinajstić information content (AvgIpc) is 3.03. The second-order valence-electron chi connectivity index (χ2n) is 29.7. The minimum absolute atomic E-state index is 0.000661. The van der Waals surface area contributed by atoms with Gasteiger partial charge in [0.05, 0.1) is 5.54 Å². The molecular weight excluding hydrogens is 982 g/mol. The lowest BCUT2D eigenvalue weighted by molar-refractivity contribution is 0.195. The van der Waals surface area contributed by atoms with E-state index in [-0.39, 0.29) is 44.7 Å². The van der Waals surface area contributed by atoms with Crippen molar-refractivity contribution in [2.24, 2.45) is 0 Å². The Bertz CT molecular complexity index is 4220. The van der Waals surface area contributed by atoms with Crippen LogP contribution in [0.1, 0.15) is 184 Å². The van der Waals surface area contributed by atoms with Crippen molar-refractivity contribution in [3.63, 3.8) is 0 Å². The first-order valence-corrected chi connectivity index (χ1v) is 30.5. The van der Waals surface area contributed by atoms with Crippen LogP contribution in [0.4, 0.5) is 45.5 Å². The highest BCUT2D eigenvalue weighted by molar-refractivity contribution is 7.00. The summed E-state index contributed by atoms with van der Waals surface area (Å²) < 4.78 is 6.55. The van der Waals surface area contributed by atoms with Crippen LogP contribution in [0.2, 0.25) is 0 Å². The summed E-state index contributed by atoms with van der Waals surface area (Å²) in [5, 5.41) is 2.28. The molecule has 0 spiro atoms. The van der Waals surface area contributed by atoms with Crippen LogP contribution in [-0.4, -0.2) is 12.3 Å². The van der Waals surface area contributed by atoms with Crippen molar-refractivity contribution < 1.29 is 4.42 Å². The summed E-state index contributed by atoms with van der Waals surface area (Å²) in [5.41, 5.74) is 29.8. The van der Waals surface area contributed by atoms with E-state index >= 15 is 0 Å². The first kappa shape index (κ1) is 50.9. The standard InChI is InChI=1S/C76H80BN3O/c1-45-36-65-69-66(37-45)79(62-43-55-54(38-46(62)2)71(6,7)34-35-72(55,8)9)63-41-49(80-61-30-26-47(70(3,4)5)39-58(61)75(14)32-20-21-33-76(75,80)15)27-29-59(63)77(69)60-42-56-57(74(12,13)53-24-18-17-23-52(53)73(56,10)11)44-64(60)78(65)48-28-31-68-51(40-48)50-22-16-19-25-67(50)81-68/h16-19,22-31,36-44H,20-21,32-35H2,1-15H3. The van der Waals surface area contributed by atoms with Gasteiger partial charge in [-0.3, -0.25) is 0 Å². The van der Waals surface area contributed by atoms with Gasteiger partial charge in [-0.15, -0.1) is 0 Å². The molecule has 3 aliphatic carbocycles. The van der Waals surface area contributed by atoms with Crippen molar-refractivity contribution >= 4 is 90.5 Å². The molecule has 4 heterocycles. The van der Waals surface area contributed by atoms with E-state index in [0.717, 1.165) is 40.5 Å². The van der Waals surface area contributed by atoms with Crippen LogP contribution in [0.25, 0.3) is 21.9 Å². The van der Waals surface area contributed by atoms with Crippen molar-refractivity contribution in [2.45, 2.75) is 180 Å². The van der Waals surface area contributed by atoms with Crippen LogP contribution >= 0.6 is 0 Å². The molecule has 1 saturated carbocycles. The fourth-order valence-electron chi connectivity index (χ4n) is 17.1. The maximum Gasteiger partial charge on any atom is 0.252 e. The molecule has 0 saturated heterocycles. The lowest BCUT2D eigenvalue weighted by Crippen LogP contribution is -2.62. The molecule has 3 aliphatic heterocycles. The van der Waals surface area contributed by atoms with Gasteiger partial charge in [0.2, 0.25) is 0 Å². The largest absolute Gasteiger partial charge is 0.456 e.